The van der Waals surface area contributed by atoms with Crippen LogP contribution in [0.15, 0.2) is 158 Å². The van der Waals surface area contributed by atoms with Crippen molar-refractivity contribution < 1.29 is 0 Å². The third kappa shape index (κ3) is 3.91. The summed E-state index contributed by atoms with van der Waals surface area (Å²) in [5, 5.41) is 16.8. The molecule has 0 aliphatic carbocycles. The van der Waals surface area contributed by atoms with Crippen molar-refractivity contribution in [2.75, 3.05) is 0 Å². The van der Waals surface area contributed by atoms with Gasteiger partial charge in [-0.1, -0.05) is 152 Å². The molecule has 0 amide bonds. The smallest absolute Gasteiger partial charge is 0.00996 e. The minimum atomic E-state index is -0.454. The van der Waals surface area contributed by atoms with E-state index in [1.807, 2.05) is 0 Å². The van der Waals surface area contributed by atoms with E-state index in [0.717, 1.165) is 0 Å². The van der Waals surface area contributed by atoms with Gasteiger partial charge in [0.2, 0.25) is 0 Å². The Labute approximate surface area is 282 Å². The Kier molecular flexibility index (Phi) is 6.23. The largest absolute Gasteiger partial charge is 0.111 e. The summed E-state index contributed by atoms with van der Waals surface area (Å²) in [6, 6.07) is 59.4. The Morgan fingerprint density at radius 3 is 1.21 bits per heavy atom. The summed E-state index contributed by atoms with van der Waals surface area (Å²) < 4.78 is 0. The van der Waals surface area contributed by atoms with E-state index in [1.165, 1.54) is 96.9 Å². The van der Waals surface area contributed by atoms with Crippen molar-refractivity contribution in [3.05, 3.63) is 158 Å². The first-order valence-corrected chi connectivity index (χ1v) is 20.2. The highest BCUT2D eigenvalue weighted by Crippen LogP contribution is 2.54. The average Bonchev–Trinajstić information content (AvgIpc) is 3.61. The zero-order valence-corrected chi connectivity index (χ0v) is 28.7. The van der Waals surface area contributed by atoms with E-state index < -0.39 is 15.1 Å². The highest BCUT2D eigenvalue weighted by molar-refractivity contribution is 7.60. The molecule has 2 heteroatoms. The van der Waals surface area contributed by atoms with Crippen molar-refractivity contribution in [2.24, 2.45) is 13.3 Å². The summed E-state index contributed by atoms with van der Waals surface area (Å²) >= 11 is 0. The molecule has 0 aliphatic heterocycles. The van der Waals surface area contributed by atoms with E-state index in [0.29, 0.717) is 0 Å². The van der Waals surface area contributed by atoms with Gasteiger partial charge in [-0.05, 0) is 95.9 Å². The topological polar surface area (TPSA) is 0 Å². The van der Waals surface area contributed by atoms with Crippen LogP contribution in [0.25, 0.3) is 96.9 Å². The van der Waals surface area contributed by atoms with Crippen molar-refractivity contribution in [1.29, 1.82) is 0 Å². The molecule has 0 spiro atoms. The van der Waals surface area contributed by atoms with Crippen LogP contribution in [0.5, 0.6) is 0 Å². The maximum atomic E-state index is 2.51. The molecule has 0 aliphatic rings. The van der Waals surface area contributed by atoms with Crippen LogP contribution in [-0.4, -0.2) is 0 Å². The fourth-order valence-corrected chi connectivity index (χ4v) is 12.9. The lowest BCUT2D eigenvalue weighted by Crippen LogP contribution is -1.91. The molecule has 0 nitrogen and oxygen atoms in total. The number of rotatable bonds is 3. The summed E-state index contributed by atoms with van der Waals surface area (Å²) in [5.74, 6) is 0. The first-order valence-electron chi connectivity index (χ1n) is 16.7. The lowest BCUT2D eigenvalue weighted by Gasteiger charge is -2.18. The lowest BCUT2D eigenvalue weighted by atomic mass is 9.86. The van der Waals surface area contributed by atoms with Crippen LogP contribution < -0.4 is 0 Å². The van der Waals surface area contributed by atoms with E-state index in [-0.39, 0.29) is 0 Å². The Balaban J connectivity index is 1.36. The molecule has 10 rings (SSSR count). The summed E-state index contributed by atoms with van der Waals surface area (Å²) in [6.45, 7) is 4.88. The zero-order valence-electron chi connectivity index (χ0n) is 26.9. The predicted molar refractivity (Wildman–Crippen MR) is 215 cm³/mol. The normalized spacial score (nSPS) is 12.7. The maximum absolute atomic E-state index is 2.51. The molecule has 0 bridgehead atoms. The van der Waals surface area contributed by atoms with E-state index in [9.17, 15) is 0 Å². The number of fused-ring (bicyclic) bond motifs is 8. The Hall–Kier alpha value is -5.12. The van der Waals surface area contributed by atoms with Gasteiger partial charge in [0.1, 0.15) is 0 Å². The number of benzene rings is 8. The molecular formula is C46H32P2. The van der Waals surface area contributed by atoms with E-state index >= 15 is 0 Å². The number of hydrogen-bond donors (Lipinski definition) is 0. The maximum Gasteiger partial charge on any atom is 0.00996 e. The highest BCUT2D eigenvalue weighted by Gasteiger charge is 2.20. The molecule has 0 radical (unpaired) electrons. The second kappa shape index (κ2) is 10.7. The number of hydrogen-bond acceptors (Lipinski definition) is 0. The summed E-state index contributed by atoms with van der Waals surface area (Å²) in [7, 11) is -0.908. The molecule has 0 saturated carbocycles. The summed E-state index contributed by atoms with van der Waals surface area (Å²) in [4.78, 5) is 0. The van der Waals surface area contributed by atoms with Crippen LogP contribution in [0.4, 0.5) is 0 Å². The van der Waals surface area contributed by atoms with Crippen LogP contribution in [0, 0.1) is 0 Å². The lowest BCUT2D eigenvalue weighted by molar-refractivity contribution is 1.66. The van der Waals surface area contributed by atoms with Crippen molar-refractivity contribution in [1.82, 2.24) is 0 Å². The molecule has 10 aromatic rings. The molecular weight excluding hydrogens is 614 g/mol. The minimum Gasteiger partial charge on any atom is -0.111 e. The summed E-state index contributed by atoms with van der Waals surface area (Å²) in [5.41, 5.74) is 7.96. The average molecular weight is 647 g/mol. The van der Waals surface area contributed by atoms with Gasteiger partial charge in [-0.25, -0.2) is 0 Å². The molecule has 2 heterocycles. The monoisotopic (exact) mass is 646 g/mol. The van der Waals surface area contributed by atoms with Crippen molar-refractivity contribution in [2.45, 2.75) is 0 Å². The molecule has 48 heavy (non-hydrogen) atoms. The fraction of sp³-hybridized carbons (Fsp3) is 0.0435. The van der Waals surface area contributed by atoms with Crippen LogP contribution >= 0.6 is 15.1 Å². The number of aryl methyl sites for hydroxylation is 2. The quantitative estimate of drug-likeness (QED) is 0.168. The van der Waals surface area contributed by atoms with Crippen molar-refractivity contribution in [3.8, 4) is 33.4 Å². The van der Waals surface area contributed by atoms with Crippen molar-refractivity contribution in [3.63, 3.8) is 0 Å². The van der Waals surface area contributed by atoms with Gasteiger partial charge in [0.25, 0.3) is 0 Å². The Morgan fingerprint density at radius 2 is 0.708 bits per heavy atom. The van der Waals surface area contributed by atoms with Gasteiger partial charge < -0.3 is 0 Å². The third-order valence-electron chi connectivity index (χ3n) is 10.5. The fourth-order valence-electron chi connectivity index (χ4n) is 8.46. The van der Waals surface area contributed by atoms with Gasteiger partial charge in [-0.15, -0.1) is 15.1 Å². The van der Waals surface area contributed by atoms with Crippen LogP contribution in [-0.2, 0) is 13.3 Å². The summed E-state index contributed by atoms with van der Waals surface area (Å²) in [6.07, 6.45) is 0. The van der Waals surface area contributed by atoms with E-state index in [4.69, 9.17) is 0 Å². The first-order chi connectivity index (χ1) is 23.7. The highest BCUT2D eigenvalue weighted by atomic mass is 31.1. The predicted octanol–water partition coefficient (Wildman–Crippen LogP) is 14.7. The standard InChI is InChI=1S/C46H32P2/c1-47-42-26-8-6-16-32(42)38-24-12-22-36(45(38)47)30-18-10-20-34-40(30)28-41-31(19-11-21-35(41)44(34)29-14-4-3-5-15-29)37-23-13-25-39-33-17-7-9-27-43(33)48(2)46(37)39/h3-28H,1-2H3. The van der Waals surface area contributed by atoms with Crippen molar-refractivity contribution >= 4 is 78.6 Å². The van der Waals surface area contributed by atoms with Crippen LogP contribution in [0.2, 0.25) is 0 Å². The molecule has 0 N–H and O–H groups in total. The van der Waals surface area contributed by atoms with Gasteiger partial charge >= 0.3 is 0 Å². The van der Waals surface area contributed by atoms with Gasteiger partial charge in [-0.3, -0.25) is 0 Å². The molecule has 8 aromatic carbocycles. The molecule has 0 fully saturated rings. The van der Waals surface area contributed by atoms with Gasteiger partial charge in [0, 0.05) is 20.5 Å². The SMILES string of the molecule is Cp1c2ccccc2c2cccc(-c3cccc4c(-c5ccccc5)c5cccc(-c6cccc7c8ccccc8p(C)c67)c5cc34)c21. The molecule has 0 saturated heterocycles. The Morgan fingerprint density at radius 1 is 0.312 bits per heavy atom. The third-order valence-corrected chi connectivity index (χ3v) is 15.1. The molecule has 2 unspecified atom stereocenters. The first kappa shape index (κ1) is 27.9. The van der Waals surface area contributed by atoms with Crippen LogP contribution in [0.1, 0.15) is 0 Å². The van der Waals surface area contributed by atoms with E-state index in [1.54, 1.807) is 0 Å². The second-order valence-corrected chi connectivity index (χ2v) is 17.1. The molecule has 2 atom stereocenters. The van der Waals surface area contributed by atoms with Gasteiger partial charge in [0.05, 0.1) is 0 Å². The Bertz CT molecular complexity index is 2730. The van der Waals surface area contributed by atoms with Gasteiger partial charge in [-0.2, -0.15) is 0 Å². The molecule has 2 aromatic heterocycles. The molecule has 226 valence electrons. The van der Waals surface area contributed by atoms with Crippen LogP contribution in [0.3, 0.4) is 0 Å². The van der Waals surface area contributed by atoms with E-state index in [2.05, 4.69) is 171 Å². The zero-order chi connectivity index (χ0) is 31.9. The van der Waals surface area contributed by atoms with Gasteiger partial charge in [0.15, 0.2) is 0 Å². The second-order valence-electron chi connectivity index (χ2n) is 13.0. The minimum absolute atomic E-state index is 0.454.